The first kappa shape index (κ1) is 31.2. The van der Waals surface area contributed by atoms with Crippen molar-refractivity contribution in [2.75, 3.05) is 17.1 Å². The van der Waals surface area contributed by atoms with E-state index in [1.165, 1.54) is 9.21 Å². The largest absolute Gasteiger partial charge is 0.352 e. The van der Waals surface area contributed by atoms with Crippen molar-refractivity contribution in [2.24, 2.45) is 0 Å². The van der Waals surface area contributed by atoms with Gasteiger partial charge in [-0.3, -0.25) is 13.9 Å². The lowest BCUT2D eigenvalue weighted by Crippen LogP contribution is -2.50. The summed E-state index contributed by atoms with van der Waals surface area (Å²) < 4.78 is 26.1. The summed E-state index contributed by atoms with van der Waals surface area (Å²) in [6.07, 6.45) is 2.60. The molecule has 2 atom stereocenters. The van der Waals surface area contributed by atoms with Gasteiger partial charge < -0.3 is 10.2 Å². The van der Waals surface area contributed by atoms with E-state index in [0.29, 0.717) is 27.2 Å². The minimum absolute atomic E-state index is 0.0360. The number of rotatable bonds is 13. The van der Waals surface area contributed by atoms with Gasteiger partial charge in [-0.25, -0.2) is 8.42 Å². The number of carbonyl (C=O) groups excluding carboxylic acids is 2. The van der Waals surface area contributed by atoms with Crippen LogP contribution >= 0.6 is 34.8 Å². The van der Waals surface area contributed by atoms with Crippen LogP contribution in [-0.4, -0.2) is 50.0 Å². The Bertz CT molecular complexity index is 1180. The fraction of sp³-hybridized carbons (Fsp3) is 0.462. The highest BCUT2D eigenvalue weighted by Gasteiger charge is 2.29. The van der Waals surface area contributed by atoms with Crippen LogP contribution in [0.1, 0.15) is 52.0 Å². The molecule has 0 saturated heterocycles. The number of amides is 2. The van der Waals surface area contributed by atoms with Crippen LogP contribution in [0.25, 0.3) is 0 Å². The second kappa shape index (κ2) is 14.2. The molecule has 0 saturated carbocycles. The average molecular weight is 591 g/mol. The van der Waals surface area contributed by atoms with E-state index in [9.17, 15) is 18.0 Å². The van der Waals surface area contributed by atoms with Crippen LogP contribution in [0.2, 0.25) is 15.1 Å². The topological polar surface area (TPSA) is 86.8 Å². The van der Waals surface area contributed by atoms with Crippen LogP contribution < -0.4 is 9.62 Å². The Morgan fingerprint density at radius 2 is 1.62 bits per heavy atom. The second-order valence-corrected chi connectivity index (χ2v) is 12.1. The molecule has 2 amide bonds. The van der Waals surface area contributed by atoms with E-state index in [-0.39, 0.29) is 43.8 Å². The second-order valence-electron chi connectivity index (χ2n) is 8.93. The molecule has 1 N–H and O–H groups in total. The summed E-state index contributed by atoms with van der Waals surface area (Å²) in [5.74, 6) is -0.494. The number of hydrogen-bond acceptors (Lipinski definition) is 4. The molecular weight excluding hydrogens is 557 g/mol. The third-order valence-electron chi connectivity index (χ3n) is 5.99. The first-order valence-electron chi connectivity index (χ1n) is 12.1. The molecular formula is C26H34Cl3N3O4S. The van der Waals surface area contributed by atoms with Gasteiger partial charge in [0.25, 0.3) is 0 Å². The fourth-order valence-electron chi connectivity index (χ4n) is 3.81. The molecule has 2 aromatic carbocycles. The van der Waals surface area contributed by atoms with Gasteiger partial charge in [-0.1, -0.05) is 54.7 Å². The summed E-state index contributed by atoms with van der Waals surface area (Å²) in [6.45, 7) is 5.99. The standard InChI is InChI=1S/C26H34Cl3N3O4S/c1-5-18(3)30-26(34)24(6-2)31(17-19-9-14-22(28)23(29)16-19)25(33)8-7-15-32(37(4,35)36)21-12-10-20(27)11-13-21/h9-14,16,18,24H,5-8,15,17H2,1-4H3,(H,30,34)/t18-,24-/m0/s1. The van der Waals surface area contributed by atoms with Crippen molar-refractivity contribution in [1.29, 1.82) is 0 Å². The summed E-state index contributed by atoms with van der Waals surface area (Å²) in [5, 5.41) is 4.21. The lowest BCUT2D eigenvalue weighted by Gasteiger charge is -2.32. The predicted octanol–water partition coefficient (Wildman–Crippen LogP) is 5.92. The van der Waals surface area contributed by atoms with Crippen molar-refractivity contribution in [3.63, 3.8) is 0 Å². The minimum atomic E-state index is -3.58. The fourth-order valence-corrected chi connectivity index (χ4v) is 5.22. The Morgan fingerprint density at radius 1 is 0.973 bits per heavy atom. The zero-order chi connectivity index (χ0) is 27.8. The molecule has 0 unspecified atom stereocenters. The smallest absolute Gasteiger partial charge is 0.243 e. The molecule has 0 aromatic heterocycles. The highest BCUT2D eigenvalue weighted by Crippen LogP contribution is 2.25. The quantitative estimate of drug-likeness (QED) is 0.314. The van der Waals surface area contributed by atoms with E-state index in [2.05, 4.69) is 5.32 Å². The molecule has 0 aliphatic rings. The first-order valence-corrected chi connectivity index (χ1v) is 15.1. The maximum atomic E-state index is 13.5. The maximum absolute atomic E-state index is 13.5. The lowest BCUT2D eigenvalue weighted by molar-refractivity contribution is -0.141. The molecule has 37 heavy (non-hydrogen) atoms. The summed E-state index contributed by atoms with van der Waals surface area (Å²) in [7, 11) is -3.58. The van der Waals surface area contributed by atoms with Gasteiger partial charge in [0.05, 0.1) is 22.0 Å². The van der Waals surface area contributed by atoms with Gasteiger partial charge in [-0.2, -0.15) is 0 Å². The Hall–Kier alpha value is -2.00. The van der Waals surface area contributed by atoms with Crippen molar-refractivity contribution >= 4 is 62.3 Å². The van der Waals surface area contributed by atoms with Gasteiger partial charge in [-0.15, -0.1) is 0 Å². The maximum Gasteiger partial charge on any atom is 0.243 e. The van der Waals surface area contributed by atoms with E-state index in [1.807, 2.05) is 20.8 Å². The van der Waals surface area contributed by atoms with Crippen LogP contribution in [-0.2, 0) is 26.2 Å². The average Bonchev–Trinajstić information content (AvgIpc) is 2.83. The third-order valence-corrected chi connectivity index (χ3v) is 8.18. The number of nitrogens with one attached hydrogen (secondary N) is 1. The molecule has 0 heterocycles. The molecule has 2 aromatic rings. The van der Waals surface area contributed by atoms with Crippen LogP contribution in [0, 0.1) is 0 Å². The lowest BCUT2D eigenvalue weighted by atomic mass is 10.1. The summed E-state index contributed by atoms with van der Waals surface area (Å²) >= 11 is 18.2. The Labute approximate surface area is 235 Å². The zero-order valence-corrected chi connectivity index (χ0v) is 24.6. The van der Waals surface area contributed by atoms with Crippen molar-refractivity contribution in [1.82, 2.24) is 10.2 Å². The SMILES string of the molecule is CC[C@H](C)NC(=O)[C@H](CC)N(Cc1ccc(Cl)c(Cl)c1)C(=O)CCCN(c1ccc(Cl)cc1)S(C)(=O)=O. The highest BCUT2D eigenvalue weighted by atomic mass is 35.5. The van der Waals surface area contributed by atoms with Crippen LogP contribution in [0.4, 0.5) is 5.69 Å². The number of sulfonamides is 1. The molecule has 204 valence electrons. The number of nitrogens with zero attached hydrogens (tertiary/aromatic N) is 2. The zero-order valence-electron chi connectivity index (χ0n) is 21.5. The molecule has 11 heteroatoms. The third kappa shape index (κ3) is 9.36. The number of anilines is 1. The molecule has 0 fully saturated rings. The van der Waals surface area contributed by atoms with Gasteiger partial charge in [0.15, 0.2) is 0 Å². The number of carbonyl (C=O) groups is 2. The van der Waals surface area contributed by atoms with E-state index in [4.69, 9.17) is 34.8 Å². The molecule has 2 rings (SSSR count). The Morgan fingerprint density at radius 3 is 2.16 bits per heavy atom. The van der Waals surface area contributed by atoms with Gasteiger partial charge in [0.1, 0.15) is 6.04 Å². The van der Waals surface area contributed by atoms with Gasteiger partial charge in [-0.05, 0) is 68.1 Å². The molecule has 0 aliphatic carbocycles. The van der Waals surface area contributed by atoms with Gasteiger partial charge >= 0.3 is 0 Å². The van der Waals surface area contributed by atoms with Gasteiger partial charge in [0.2, 0.25) is 21.8 Å². The van der Waals surface area contributed by atoms with Crippen LogP contribution in [0.3, 0.4) is 0 Å². The van der Waals surface area contributed by atoms with Gasteiger partial charge in [0, 0.05) is 30.6 Å². The summed E-state index contributed by atoms with van der Waals surface area (Å²) in [4.78, 5) is 28.1. The van der Waals surface area contributed by atoms with Crippen molar-refractivity contribution in [3.8, 4) is 0 Å². The van der Waals surface area contributed by atoms with E-state index in [1.54, 1.807) is 42.5 Å². The number of benzene rings is 2. The minimum Gasteiger partial charge on any atom is -0.352 e. The monoisotopic (exact) mass is 589 g/mol. The summed E-state index contributed by atoms with van der Waals surface area (Å²) in [6, 6.07) is 10.8. The number of halogens is 3. The normalized spacial score (nSPS) is 13.1. The molecule has 0 bridgehead atoms. The number of hydrogen-bond donors (Lipinski definition) is 1. The Balaban J connectivity index is 2.24. The van der Waals surface area contributed by atoms with Crippen LogP contribution in [0.15, 0.2) is 42.5 Å². The molecule has 0 aliphatic heterocycles. The van der Waals surface area contributed by atoms with Crippen LogP contribution in [0.5, 0.6) is 0 Å². The molecule has 7 nitrogen and oxygen atoms in total. The highest BCUT2D eigenvalue weighted by molar-refractivity contribution is 7.92. The van der Waals surface area contributed by atoms with Crippen molar-refractivity contribution in [3.05, 3.63) is 63.1 Å². The molecule has 0 spiro atoms. The predicted molar refractivity (Wildman–Crippen MR) is 152 cm³/mol. The Kier molecular flexibility index (Phi) is 12.0. The molecule has 0 radical (unpaired) electrons. The summed E-state index contributed by atoms with van der Waals surface area (Å²) in [5.41, 5.74) is 1.20. The van der Waals surface area contributed by atoms with E-state index < -0.39 is 16.1 Å². The van der Waals surface area contributed by atoms with Crippen molar-refractivity contribution in [2.45, 2.75) is 65.1 Å². The van der Waals surface area contributed by atoms with E-state index in [0.717, 1.165) is 18.2 Å². The van der Waals surface area contributed by atoms with Crippen molar-refractivity contribution < 1.29 is 18.0 Å². The van der Waals surface area contributed by atoms with E-state index >= 15 is 0 Å². The first-order chi connectivity index (χ1) is 17.4.